The smallest absolute Gasteiger partial charge is 0.305 e. The van der Waals surface area contributed by atoms with Crippen LogP contribution in [-0.2, 0) is 14.3 Å². The number of epoxide rings is 1. The first-order valence-corrected chi connectivity index (χ1v) is 9.45. The molecular formula is C21H34O3. The second-order valence-electron chi connectivity index (χ2n) is 6.30. The lowest BCUT2D eigenvalue weighted by atomic mass is 10.1. The molecule has 1 fully saturated rings. The Bertz CT molecular complexity index is 409. The van der Waals surface area contributed by atoms with Crippen LogP contribution in [-0.4, -0.2) is 25.3 Å². The third-order valence-electron chi connectivity index (χ3n) is 4.17. The summed E-state index contributed by atoms with van der Waals surface area (Å²) in [5, 5.41) is 0. The van der Waals surface area contributed by atoms with Gasteiger partial charge in [-0.25, -0.2) is 0 Å². The number of unbranched alkanes of at least 4 members (excludes halogenated alkanes) is 3. The van der Waals surface area contributed by atoms with E-state index in [4.69, 9.17) is 4.74 Å². The molecule has 0 amide bonds. The summed E-state index contributed by atoms with van der Waals surface area (Å²) in [5.74, 6) is -0.126. The maximum Gasteiger partial charge on any atom is 0.305 e. The quantitative estimate of drug-likeness (QED) is 0.182. The third kappa shape index (κ3) is 11.2. The van der Waals surface area contributed by atoms with E-state index < -0.39 is 0 Å². The van der Waals surface area contributed by atoms with Gasteiger partial charge in [0.2, 0.25) is 0 Å². The molecule has 0 saturated carbocycles. The molecule has 2 atom stereocenters. The van der Waals surface area contributed by atoms with Crippen molar-refractivity contribution in [1.29, 1.82) is 0 Å². The summed E-state index contributed by atoms with van der Waals surface area (Å²) in [6.45, 7) is 2.24. The molecule has 0 bridgehead atoms. The number of ether oxygens (including phenoxy) is 2. The van der Waals surface area contributed by atoms with Crippen LogP contribution < -0.4 is 0 Å². The van der Waals surface area contributed by atoms with Crippen molar-refractivity contribution < 1.29 is 14.3 Å². The molecular weight excluding hydrogens is 300 g/mol. The van der Waals surface area contributed by atoms with E-state index in [-0.39, 0.29) is 5.97 Å². The van der Waals surface area contributed by atoms with Gasteiger partial charge >= 0.3 is 5.97 Å². The number of carbonyl (C=O) groups is 1. The Morgan fingerprint density at radius 2 is 1.67 bits per heavy atom. The van der Waals surface area contributed by atoms with Gasteiger partial charge in [0, 0.05) is 6.42 Å². The van der Waals surface area contributed by atoms with Crippen LogP contribution in [0, 0.1) is 0 Å². The van der Waals surface area contributed by atoms with E-state index >= 15 is 0 Å². The van der Waals surface area contributed by atoms with Crippen molar-refractivity contribution in [3.8, 4) is 0 Å². The van der Waals surface area contributed by atoms with Gasteiger partial charge in [-0.15, -0.1) is 0 Å². The fraction of sp³-hybridized carbons (Fsp3) is 0.667. The minimum atomic E-state index is -0.126. The Labute approximate surface area is 147 Å². The first kappa shape index (κ1) is 20.7. The Kier molecular flexibility index (Phi) is 12.1. The standard InChI is InChI=1S/C21H34O3/c1-3-4-13-16-19-20(24-19)17-14-11-9-7-5-6-8-10-12-15-18-21(22)23-2/h5,7-8,10-11,14,19-20H,3-4,6,9,12-13,15-18H2,1-2H3/b7-5-,10-8+,14-11+/t19-,20+/m0/s1. The highest BCUT2D eigenvalue weighted by atomic mass is 16.6. The molecule has 1 heterocycles. The van der Waals surface area contributed by atoms with Gasteiger partial charge in [0.25, 0.3) is 0 Å². The van der Waals surface area contributed by atoms with Crippen molar-refractivity contribution in [3.05, 3.63) is 36.5 Å². The molecule has 1 saturated heterocycles. The lowest BCUT2D eigenvalue weighted by Crippen LogP contribution is -1.98. The molecule has 3 nitrogen and oxygen atoms in total. The molecule has 0 aromatic rings. The minimum Gasteiger partial charge on any atom is -0.469 e. The second-order valence-corrected chi connectivity index (χ2v) is 6.30. The highest BCUT2D eigenvalue weighted by Gasteiger charge is 2.36. The third-order valence-corrected chi connectivity index (χ3v) is 4.17. The monoisotopic (exact) mass is 334 g/mol. The van der Waals surface area contributed by atoms with E-state index in [0.29, 0.717) is 18.6 Å². The molecule has 0 aliphatic carbocycles. The van der Waals surface area contributed by atoms with Gasteiger partial charge in [0.1, 0.15) is 0 Å². The summed E-state index contributed by atoms with van der Waals surface area (Å²) in [6, 6.07) is 0. The maximum absolute atomic E-state index is 10.9. The summed E-state index contributed by atoms with van der Waals surface area (Å²) in [5.41, 5.74) is 0. The van der Waals surface area contributed by atoms with E-state index in [9.17, 15) is 4.79 Å². The zero-order chi connectivity index (χ0) is 17.5. The zero-order valence-corrected chi connectivity index (χ0v) is 15.4. The average Bonchev–Trinajstić information content (AvgIpc) is 3.34. The van der Waals surface area contributed by atoms with Gasteiger partial charge in [-0.2, -0.15) is 0 Å². The molecule has 136 valence electrons. The van der Waals surface area contributed by atoms with Crippen LogP contribution in [0.2, 0.25) is 0 Å². The topological polar surface area (TPSA) is 38.8 Å². The molecule has 1 aliphatic rings. The van der Waals surface area contributed by atoms with Crippen LogP contribution in [0.15, 0.2) is 36.5 Å². The number of hydrogen-bond acceptors (Lipinski definition) is 3. The zero-order valence-electron chi connectivity index (χ0n) is 15.4. The number of allylic oxidation sites excluding steroid dienone is 5. The fourth-order valence-corrected chi connectivity index (χ4v) is 2.59. The largest absolute Gasteiger partial charge is 0.469 e. The molecule has 0 spiro atoms. The summed E-state index contributed by atoms with van der Waals surface area (Å²) in [7, 11) is 1.43. The number of carbonyl (C=O) groups excluding carboxylic acids is 1. The normalized spacial score (nSPS) is 20.4. The molecule has 0 unspecified atom stereocenters. The molecule has 0 aromatic carbocycles. The summed E-state index contributed by atoms with van der Waals surface area (Å²) in [6.07, 6.45) is 24.6. The highest BCUT2D eigenvalue weighted by Crippen LogP contribution is 2.30. The Balaban J connectivity index is 1.90. The minimum absolute atomic E-state index is 0.126. The maximum atomic E-state index is 10.9. The van der Waals surface area contributed by atoms with Gasteiger partial charge in [-0.1, -0.05) is 62.6 Å². The second kappa shape index (κ2) is 14.0. The Hall–Kier alpha value is -1.35. The molecule has 3 heteroatoms. The van der Waals surface area contributed by atoms with E-state index in [0.717, 1.165) is 32.1 Å². The van der Waals surface area contributed by atoms with Crippen molar-refractivity contribution in [2.45, 2.75) is 83.3 Å². The molecule has 1 aliphatic heterocycles. The summed E-state index contributed by atoms with van der Waals surface area (Å²) >= 11 is 0. The fourth-order valence-electron chi connectivity index (χ4n) is 2.59. The van der Waals surface area contributed by atoms with Crippen LogP contribution in [0.5, 0.6) is 0 Å². The highest BCUT2D eigenvalue weighted by molar-refractivity contribution is 5.69. The Morgan fingerprint density at radius 1 is 0.958 bits per heavy atom. The number of esters is 1. The van der Waals surface area contributed by atoms with Crippen molar-refractivity contribution in [1.82, 2.24) is 0 Å². The number of rotatable bonds is 14. The Morgan fingerprint density at radius 3 is 2.38 bits per heavy atom. The first-order chi connectivity index (χ1) is 11.8. The molecule has 0 N–H and O–H groups in total. The molecule has 24 heavy (non-hydrogen) atoms. The van der Waals surface area contributed by atoms with Gasteiger partial charge in [-0.3, -0.25) is 4.79 Å². The van der Waals surface area contributed by atoms with E-state index in [2.05, 4.69) is 48.1 Å². The van der Waals surface area contributed by atoms with Crippen molar-refractivity contribution in [2.24, 2.45) is 0 Å². The SMILES string of the molecule is CCCCC[C@@H]1O[C@@H]1C/C=C/C/C=C\C/C=C/CCCC(=O)OC. The molecule has 1 rings (SSSR count). The number of methoxy groups -OCH3 is 1. The van der Waals surface area contributed by atoms with Crippen molar-refractivity contribution >= 4 is 5.97 Å². The number of hydrogen-bond donors (Lipinski definition) is 0. The van der Waals surface area contributed by atoms with Gasteiger partial charge < -0.3 is 9.47 Å². The van der Waals surface area contributed by atoms with Gasteiger partial charge in [0.05, 0.1) is 19.3 Å². The summed E-state index contributed by atoms with van der Waals surface area (Å²) < 4.78 is 10.3. The predicted octanol–water partition coefficient (Wildman–Crippen LogP) is 5.52. The summed E-state index contributed by atoms with van der Waals surface area (Å²) in [4.78, 5) is 10.9. The van der Waals surface area contributed by atoms with Crippen LogP contribution in [0.3, 0.4) is 0 Å². The lowest BCUT2D eigenvalue weighted by Gasteiger charge is -1.95. The van der Waals surface area contributed by atoms with E-state index in [1.54, 1.807) is 0 Å². The van der Waals surface area contributed by atoms with Gasteiger partial charge in [-0.05, 0) is 38.5 Å². The van der Waals surface area contributed by atoms with Gasteiger partial charge in [0.15, 0.2) is 0 Å². The first-order valence-electron chi connectivity index (χ1n) is 9.45. The van der Waals surface area contributed by atoms with Crippen LogP contribution in [0.4, 0.5) is 0 Å². The molecule has 0 aromatic heterocycles. The van der Waals surface area contributed by atoms with Crippen molar-refractivity contribution in [3.63, 3.8) is 0 Å². The molecule has 0 radical (unpaired) electrons. The van der Waals surface area contributed by atoms with E-state index in [1.807, 2.05) is 0 Å². The lowest BCUT2D eigenvalue weighted by molar-refractivity contribution is -0.140. The van der Waals surface area contributed by atoms with Crippen LogP contribution >= 0.6 is 0 Å². The van der Waals surface area contributed by atoms with Crippen LogP contribution in [0.25, 0.3) is 0 Å². The predicted molar refractivity (Wildman–Crippen MR) is 99.9 cm³/mol. The van der Waals surface area contributed by atoms with E-state index in [1.165, 1.54) is 32.8 Å². The van der Waals surface area contributed by atoms with Crippen molar-refractivity contribution in [2.75, 3.05) is 7.11 Å². The average molecular weight is 335 g/mol. The van der Waals surface area contributed by atoms with Crippen LogP contribution in [0.1, 0.15) is 71.1 Å².